The Balaban J connectivity index is 1.08. The van der Waals surface area contributed by atoms with Crippen LogP contribution < -0.4 is 15.4 Å². The summed E-state index contributed by atoms with van der Waals surface area (Å²) in [5, 5.41) is 5.99. The lowest BCUT2D eigenvalue weighted by Gasteiger charge is -2.08. The molecule has 2 aromatic heterocycles. The molecule has 0 spiro atoms. The second kappa shape index (κ2) is 10.2. The van der Waals surface area contributed by atoms with Gasteiger partial charge >= 0.3 is 0 Å². The number of carbonyl (C=O) groups is 2. The summed E-state index contributed by atoms with van der Waals surface area (Å²) in [7, 11) is 0. The van der Waals surface area contributed by atoms with Gasteiger partial charge in [-0.2, -0.15) is 0 Å². The van der Waals surface area contributed by atoms with Gasteiger partial charge < -0.3 is 4.74 Å². The highest BCUT2D eigenvalue weighted by Gasteiger charge is 2.14. The number of para-hydroxylation sites is 2. The molecule has 39 heavy (non-hydrogen) atoms. The van der Waals surface area contributed by atoms with E-state index in [1.165, 1.54) is 34.8 Å². The van der Waals surface area contributed by atoms with Crippen LogP contribution in [-0.2, 0) is 0 Å². The van der Waals surface area contributed by atoms with E-state index in [0.717, 1.165) is 0 Å². The predicted octanol–water partition coefficient (Wildman–Crippen LogP) is 7.48. The third kappa shape index (κ3) is 5.17. The fourth-order valence-corrected chi connectivity index (χ4v) is 5.51. The first-order valence-electron chi connectivity index (χ1n) is 11.5. The predicted molar refractivity (Wildman–Crippen MR) is 148 cm³/mol. The second-order valence-corrected chi connectivity index (χ2v) is 10.3. The molecule has 0 aliphatic carbocycles. The van der Waals surface area contributed by atoms with Crippen molar-refractivity contribution in [1.29, 1.82) is 0 Å². The largest absolute Gasteiger partial charge is 0.457 e. The standard InChI is InChI=1S/C28H16F2N4O3S2/c29-19-3-1-5-21-23(19)31-27(38-21)33-25(35)15-7-11-17(12-8-15)37-18-13-9-16(10-14-18)26(36)34-28-32-24-20(30)4-2-6-22(24)39-28/h1-14H,(H,31,33,35)(H,32,34,36). The molecule has 0 saturated carbocycles. The maximum absolute atomic E-state index is 13.9. The monoisotopic (exact) mass is 558 g/mol. The summed E-state index contributed by atoms with van der Waals surface area (Å²) in [6, 6.07) is 22.3. The van der Waals surface area contributed by atoms with Crippen LogP contribution in [0.2, 0.25) is 0 Å². The normalized spacial score (nSPS) is 11.0. The molecule has 2 heterocycles. The van der Waals surface area contributed by atoms with Crippen molar-refractivity contribution < 1.29 is 23.1 Å². The van der Waals surface area contributed by atoms with Crippen LogP contribution in [0.25, 0.3) is 20.4 Å². The van der Waals surface area contributed by atoms with Gasteiger partial charge in [0.2, 0.25) is 0 Å². The van der Waals surface area contributed by atoms with Gasteiger partial charge in [0.1, 0.15) is 34.2 Å². The minimum Gasteiger partial charge on any atom is -0.457 e. The average Bonchev–Trinajstić information content (AvgIpc) is 3.54. The lowest BCUT2D eigenvalue weighted by atomic mass is 10.2. The van der Waals surface area contributed by atoms with Gasteiger partial charge in [-0.3, -0.25) is 20.2 Å². The van der Waals surface area contributed by atoms with Crippen molar-refractivity contribution in [1.82, 2.24) is 9.97 Å². The summed E-state index contributed by atoms with van der Waals surface area (Å²) < 4.78 is 34.8. The topological polar surface area (TPSA) is 93.2 Å². The molecule has 7 nitrogen and oxygen atoms in total. The van der Waals surface area contributed by atoms with Gasteiger partial charge in [0.05, 0.1) is 9.40 Å². The summed E-state index contributed by atoms with van der Waals surface area (Å²) in [6.45, 7) is 0. The van der Waals surface area contributed by atoms with Crippen LogP contribution >= 0.6 is 22.7 Å². The number of amides is 2. The molecule has 0 unspecified atom stereocenters. The lowest BCUT2D eigenvalue weighted by molar-refractivity contribution is 0.101. The van der Waals surface area contributed by atoms with Gasteiger partial charge in [0.15, 0.2) is 10.3 Å². The minimum atomic E-state index is -0.440. The van der Waals surface area contributed by atoms with Crippen LogP contribution in [0.4, 0.5) is 19.0 Å². The van der Waals surface area contributed by atoms with Gasteiger partial charge in [0.25, 0.3) is 11.8 Å². The van der Waals surface area contributed by atoms with E-state index in [0.29, 0.717) is 42.3 Å². The minimum absolute atomic E-state index is 0.220. The smallest absolute Gasteiger partial charge is 0.257 e. The first-order chi connectivity index (χ1) is 18.9. The molecule has 0 atom stereocenters. The maximum atomic E-state index is 13.9. The fraction of sp³-hybridized carbons (Fsp3) is 0. The molecule has 0 aliphatic rings. The number of rotatable bonds is 6. The average molecular weight is 559 g/mol. The number of aromatic nitrogens is 2. The molecule has 0 radical (unpaired) electrons. The number of fused-ring (bicyclic) bond motifs is 2. The van der Waals surface area contributed by atoms with Crippen molar-refractivity contribution in [3.05, 3.63) is 108 Å². The van der Waals surface area contributed by atoms with Crippen LogP contribution in [0.3, 0.4) is 0 Å². The second-order valence-electron chi connectivity index (χ2n) is 8.27. The van der Waals surface area contributed by atoms with Gasteiger partial charge in [-0.25, -0.2) is 18.7 Å². The summed E-state index contributed by atoms with van der Waals surface area (Å²) in [6.07, 6.45) is 0. The number of carbonyl (C=O) groups excluding carboxylic acids is 2. The summed E-state index contributed by atoms with van der Waals surface area (Å²) in [5.74, 6) is -0.669. The Labute approximate surface area is 227 Å². The van der Waals surface area contributed by atoms with Crippen LogP contribution in [0.15, 0.2) is 84.9 Å². The van der Waals surface area contributed by atoms with Crippen molar-refractivity contribution in [3.8, 4) is 11.5 Å². The van der Waals surface area contributed by atoms with Gasteiger partial charge in [-0.1, -0.05) is 34.8 Å². The van der Waals surface area contributed by atoms with Gasteiger partial charge in [-0.05, 0) is 72.8 Å². The number of nitrogens with one attached hydrogen (secondary N) is 2. The highest BCUT2D eigenvalue weighted by atomic mass is 32.1. The van der Waals surface area contributed by atoms with Crippen molar-refractivity contribution in [2.75, 3.05) is 10.6 Å². The molecule has 4 aromatic carbocycles. The maximum Gasteiger partial charge on any atom is 0.257 e. The molecular weight excluding hydrogens is 542 g/mol. The number of ether oxygens (including phenoxy) is 1. The summed E-state index contributed by atoms with van der Waals surface area (Å²) in [5.41, 5.74) is 1.20. The number of halogens is 2. The number of benzene rings is 4. The van der Waals surface area contributed by atoms with Crippen LogP contribution in [0.5, 0.6) is 11.5 Å². The molecule has 6 rings (SSSR count). The molecule has 192 valence electrons. The van der Waals surface area contributed by atoms with E-state index in [1.807, 2.05) is 0 Å². The van der Waals surface area contributed by atoms with E-state index in [4.69, 9.17) is 4.74 Å². The van der Waals surface area contributed by atoms with Crippen molar-refractivity contribution in [2.24, 2.45) is 0 Å². The first kappa shape index (κ1) is 24.6. The Kier molecular flexibility index (Phi) is 6.43. The van der Waals surface area contributed by atoms with Crippen molar-refractivity contribution in [3.63, 3.8) is 0 Å². The highest BCUT2D eigenvalue weighted by Crippen LogP contribution is 2.29. The lowest BCUT2D eigenvalue weighted by Crippen LogP contribution is -2.11. The fourth-order valence-electron chi connectivity index (χ4n) is 3.76. The van der Waals surface area contributed by atoms with Crippen LogP contribution in [0.1, 0.15) is 20.7 Å². The zero-order chi connectivity index (χ0) is 26.9. The van der Waals surface area contributed by atoms with Crippen LogP contribution in [0, 0.1) is 11.6 Å². The number of hydrogen-bond donors (Lipinski definition) is 2. The third-order valence-electron chi connectivity index (χ3n) is 5.65. The van der Waals surface area contributed by atoms with E-state index in [9.17, 15) is 18.4 Å². The zero-order valence-electron chi connectivity index (χ0n) is 19.8. The number of thiazole rings is 2. The zero-order valence-corrected chi connectivity index (χ0v) is 21.4. The number of hydrogen-bond acceptors (Lipinski definition) is 7. The number of nitrogens with zero attached hydrogens (tertiary/aromatic N) is 2. The Hall–Kier alpha value is -4.74. The molecular formula is C28H16F2N4O3S2. The third-order valence-corrected chi connectivity index (χ3v) is 7.52. The van der Waals surface area contributed by atoms with Gasteiger partial charge in [-0.15, -0.1) is 0 Å². The Morgan fingerprint density at radius 2 is 1.03 bits per heavy atom. The molecule has 6 aromatic rings. The van der Waals surface area contributed by atoms with E-state index >= 15 is 0 Å². The van der Waals surface area contributed by atoms with Crippen molar-refractivity contribution >= 4 is 65.2 Å². The molecule has 11 heteroatoms. The Bertz CT molecular complexity index is 1720. The van der Waals surface area contributed by atoms with E-state index < -0.39 is 11.6 Å². The Morgan fingerprint density at radius 3 is 1.41 bits per heavy atom. The van der Waals surface area contributed by atoms with E-state index in [2.05, 4.69) is 20.6 Å². The van der Waals surface area contributed by atoms with Crippen LogP contribution in [-0.4, -0.2) is 21.8 Å². The van der Waals surface area contributed by atoms with Gasteiger partial charge in [0, 0.05) is 11.1 Å². The Morgan fingerprint density at radius 1 is 0.615 bits per heavy atom. The molecule has 0 aliphatic heterocycles. The van der Waals surface area contributed by atoms with Crippen molar-refractivity contribution in [2.45, 2.75) is 0 Å². The summed E-state index contributed by atoms with van der Waals surface area (Å²) in [4.78, 5) is 33.5. The molecule has 2 amide bonds. The molecule has 0 saturated heterocycles. The quantitative estimate of drug-likeness (QED) is 0.221. The molecule has 0 bridgehead atoms. The number of anilines is 2. The van der Waals surface area contributed by atoms with E-state index in [1.54, 1.807) is 72.8 Å². The molecule has 2 N–H and O–H groups in total. The highest BCUT2D eigenvalue weighted by molar-refractivity contribution is 7.22. The molecule has 0 fully saturated rings. The first-order valence-corrected chi connectivity index (χ1v) is 13.2. The van der Waals surface area contributed by atoms with E-state index in [-0.39, 0.29) is 22.8 Å². The SMILES string of the molecule is O=C(Nc1nc2c(F)cccc2s1)c1ccc(Oc2ccc(C(=O)Nc3nc4c(F)cccc4s3)cc2)cc1. The summed E-state index contributed by atoms with van der Waals surface area (Å²) >= 11 is 2.38.